The van der Waals surface area contributed by atoms with Crippen LogP contribution in [0.1, 0.15) is 38.2 Å². The van der Waals surface area contributed by atoms with Gasteiger partial charge in [0.25, 0.3) is 0 Å². The molecule has 4 nitrogen and oxygen atoms in total. The molecule has 112 valence electrons. The Morgan fingerprint density at radius 3 is 2.60 bits per heavy atom. The predicted octanol–water partition coefficient (Wildman–Crippen LogP) is 2.45. The molecule has 1 aromatic rings. The van der Waals surface area contributed by atoms with Crippen molar-refractivity contribution in [2.24, 2.45) is 5.73 Å². The molecule has 1 aromatic carbocycles. The number of nitrogens with two attached hydrogens (primary N) is 1. The molecule has 0 atom stereocenters. The lowest BCUT2D eigenvalue weighted by Crippen LogP contribution is -2.37. The maximum absolute atomic E-state index is 5.93. The van der Waals surface area contributed by atoms with E-state index >= 15 is 0 Å². The highest BCUT2D eigenvalue weighted by atomic mass is 16.5. The van der Waals surface area contributed by atoms with Gasteiger partial charge in [0, 0.05) is 18.6 Å². The quantitative estimate of drug-likeness (QED) is 0.839. The minimum Gasteiger partial charge on any atom is -0.493 e. The third-order valence-corrected chi connectivity index (χ3v) is 3.89. The number of rotatable bonds is 6. The number of ether oxygens (including phenoxy) is 2. The van der Waals surface area contributed by atoms with E-state index in [1.54, 1.807) is 7.11 Å². The van der Waals surface area contributed by atoms with Gasteiger partial charge in [-0.25, -0.2) is 0 Å². The van der Waals surface area contributed by atoms with E-state index in [-0.39, 0.29) is 0 Å². The summed E-state index contributed by atoms with van der Waals surface area (Å²) >= 11 is 0. The lowest BCUT2D eigenvalue weighted by molar-refractivity contribution is 0.310. The van der Waals surface area contributed by atoms with Crippen molar-refractivity contribution in [3.05, 3.63) is 23.8 Å². The summed E-state index contributed by atoms with van der Waals surface area (Å²) in [4.78, 5) is 0. The number of nitrogens with one attached hydrogen (secondary N) is 1. The van der Waals surface area contributed by atoms with Crippen molar-refractivity contribution in [1.82, 2.24) is 5.32 Å². The molecular weight excluding hydrogens is 252 g/mol. The zero-order valence-electron chi connectivity index (χ0n) is 12.5. The number of hydrogen-bond donors (Lipinski definition) is 2. The van der Waals surface area contributed by atoms with Crippen LogP contribution in [0.2, 0.25) is 0 Å². The van der Waals surface area contributed by atoms with E-state index < -0.39 is 0 Å². The summed E-state index contributed by atoms with van der Waals surface area (Å²) in [6, 6.07) is 7.11. The Kier molecular flexibility index (Phi) is 5.68. The molecule has 0 radical (unpaired) electrons. The molecule has 0 bridgehead atoms. The Morgan fingerprint density at radius 1 is 1.20 bits per heavy atom. The first-order chi connectivity index (χ1) is 9.72. The zero-order valence-corrected chi connectivity index (χ0v) is 12.5. The van der Waals surface area contributed by atoms with Crippen molar-refractivity contribution >= 4 is 0 Å². The molecule has 0 aromatic heterocycles. The fourth-order valence-corrected chi connectivity index (χ4v) is 2.68. The summed E-state index contributed by atoms with van der Waals surface area (Å²) < 4.78 is 10.9. The maximum Gasteiger partial charge on any atom is 0.161 e. The maximum atomic E-state index is 5.93. The second kappa shape index (κ2) is 7.50. The van der Waals surface area contributed by atoms with Crippen molar-refractivity contribution in [3.8, 4) is 11.5 Å². The van der Waals surface area contributed by atoms with Gasteiger partial charge in [0.05, 0.1) is 13.7 Å². The summed E-state index contributed by atoms with van der Waals surface area (Å²) in [7, 11) is 1.68. The van der Waals surface area contributed by atoms with E-state index in [0.717, 1.165) is 30.9 Å². The Hall–Kier alpha value is -1.26. The summed E-state index contributed by atoms with van der Waals surface area (Å²) in [5, 5.41) is 3.61. The standard InChI is InChI=1S/C16H26N2O2/c1-3-20-15-9-4-12(10-16(15)19-2)11-18-14-7-5-13(17)6-8-14/h4,9-10,13-14,18H,3,5-8,11,17H2,1-2H3. The molecule has 20 heavy (non-hydrogen) atoms. The monoisotopic (exact) mass is 278 g/mol. The molecule has 1 aliphatic carbocycles. The highest BCUT2D eigenvalue weighted by Crippen LogP contribution is 2.28. The van der Waals surface area contributed by atoms with Crippen LogP contribution < -0.4 is 20.5 Å². The molecule has 1 saturated carbocycles. The average molecular weight is 278 g/mol. The Labute approximate surface area is 121 Å². The number of hydrogen-bond acceptors (Lipinski definition) is 4. The van der Waals surface area contributed by atoms with Crippen molar-refractivity contribution in [1.29, 1.82) is 0 Å². The smallest absolute Gasteiger partial charge is 0.161 e. The topological polar surface area (TPSA) is 56.5 Å². The Morgan fingerprint density at radius 2 is 1.95 bits per heavy atom. The molecule has 4 heteroatoms. The van der Waals surface area contributed by atoms with E-state index in [2.05, 4.69) is 11.4 Å². The molecule has 1 aliphatic rings. The van der Waals surface area contributed by atoms with Gasteiger partial charge in [-0.05, 0) is 50.3 Å². The molecular formula is C16H26N2O2. The van der Waals surface area contributed by atoms with Crippen LogP contribution in [0, 0.1) is 0 Å². The molecule has 0 saturated heterocycles. The van der Waals surface area contributed by atoms with Crippen molar-refractivity contribution in [2.75, 3.05) is 13.7 Å². The van der Waals surface area contributed by atoms with E-state index in [0.29, 0.717) is 18.7 Å². The van der Waals surface area contributed by atoms with Crippen molar-refractivity contribution < 1.29 is 9.47 Å². The predicted molar refractivity (Wildman–Crippen MR) is 81.2 cm³/mol. The first kappa shape index (κ1) is 15.1. The fraction of sp³-hybridized carbons (Fsp3) is 0.625. The fourth-order valence-electron chi connectivity index (χ4n) is 2.68. The molecule has 3 N–H and O–H groups in total. The Bertz CT molecular complexity index is 415. The SMILES string of the molecule is CCOc1ccc(CNC2CCC(N)CC2)cc1OC. The van der Waals surface area contributed by atoms with Gasteiger partial charge in [-0.15, -0.1) is 0 Å². The van der Waals surface area contributed by atoms with Gasteiger partial charge in [0.2, 0.25) is 0 Å². The van der Waals surface area contributed by atoms with Crippen molar-refractivity contribution in [3.63, 3.8) is 0 Å². The minimum absolute atomic E-state index is 0.402. The number of methoxy groups -OCH3 is 1. The summed E-state index contributed by atoms with van der Waals surface area (Å²) in [6.45, 7) is 3.49. The first-order valence-corrected chi connectivity index (χ1v) is 7.51. The van der Waals surface area contributed by atoms with Gasteiger partial charge in [-0.1, -0.05) is 6.07 Å². The van der Waals surface area contributed by atoms with Crippen LogP contribution in [0.15, 0.2) is 18.2 Å². The van der Waals surface area contributed by atoms with E-state index in [9.17, 15) is 0 Å². The average Bonchev–Trinajstić information content (AvgIpc) is 2.48. The number of benzene rings is 1. The lowest BCUT2D eigenvalue weighted by atomic mass is 9.92. The summed E-state index contributed by atoms with van der Waals surface area (Å²) in [5.74, 6) is 1.61. The molecule has 0 unspecified atom stereocenters. The molecule has 0 amide bonds. The van der Waals surface area contributed by atoms with Gasteiger partial charge in [-0.3, -0.25) is 0 Å². The molecule has 0 spiro atoms. The molecule has 2 rings (SSSR count). The highest BCUT2D eigenvalue weighted by Gasteiger charge is 2.17. The summed E-state index contributed by atoms with van der Waals surface area (Å²) in [6.07, 6.45) is 4.61. The van der Waals surface area contributed by atoms with Gasteiger partial charge < -0.3 is 20.5 Å². The summed E-state index contributed by atoms with van der Waals surface area (Å²) in [5.41, 5.74) is 7.15. The van der Waals surface area contributed by atoms with Crippen LogP contribution in [0.4, 0.5) is 0 Å². The second-order valence-electron chi connectivity index (χ2n) is 5.41. The second-order valence-corrected chi connectivity index (χ2v) is 5.41. The highest BCUT2D eigenvalue weighted by molar-refractivity contribution is 5.42. The van der Waals surface area contributed by atoms with Crippen LogP contribution >= 0.6 is 0 Å². The van der Waals surface area contributed by atoms with Gasteiger partial charge >= 0.3 is 0 Å². The minimum atomic E-state index is 0.402. The first-order valence-electron chi connectivity index (χ1n) is 7.51. The van der Waals surface area contributed by atoms with E-state index in [1.807, 2.05) is 19.1 Å². The zero-order chi connectivity index (χ0) is 14.4. The van der Waals surface area contributed by atoms with E-state index in [1.165, 1.54) is 18.4 Å². The van der Waals surface area contributed by atoms with Crippen molar-refractivity contribution in [2.45, 2.75) is 51.2 Å². The third kappa shape index (κ3) is 4.12. The molecule has 0 heterocycles. The largest absolute Gasteiger partial charge is 0.493 e. The van der Waals surface area contributed by atoms with Gasteiger partial charge in [-0.2, -0.15) is 0 Å². The van der Waals surface area contributed by atoms with Crippen LogP contribution in [0.5, 0.6) is 11.5 Å². The van der Waals surface area contributed by atoms with Crippen LogP contribution in [0.3, 0.4) is 0 Å². The van der Waals surface area contributed by atoms with Crippen LogP contribution in [-0.2, 0) is 6.54 Å². The van der Waals surface area contributed by atoms with Crippen LogP contribution in [0.25, 0.3) is 0 Å². The molecule has 0 aliphatic heterocycles. The molecule has 1 fully saturated rings. The van der Waals surface area contributed by atoms with Crippen LogP contribution in [-0.4, -0.2) is 25.8 Å². The van der Waals surface area contributed by atoms with E-state index in [4.69, 9.17) is 15.2 Å². The third-order valence-electron chi connectivity index (χ3n) is 3.89. The van der Waals surface area contributed by atoms with Gasteiger partial charge in [0.1, 0.15) is 0 Å². The lowest BCUT2D eigenvalue weighted by Gasteiger charge is -2.27. The van der Waals surface area contributed by atoms with Gasteiger partial charge in [0.15, 0.2) is 11.5 Å². The normalized spacial score (nSPS) is 22.6. The Balaban J connectivity index is 1.89.